The fourth-order valence-electron chi connectivity index (χ4n) is 2.19. The van der Waals surface area contributed by atoms with Crippen LogP contribution in [0.1, 0.15) is 5.56 Å². The zero-order valence-electron chi connectivity index (χ0n) is 11.8. The predicted octanol–water partition coefficient (Wildman–Crippen LogP) is 5.27. The number of hydrogen-bond donors (Lipinski definition) is 0. The smallest absolute Gasteiger partial charge is 0.216 e. The lowest BCUT2D eigenvalue weighted by Crippen LogP contribution is -1.98. The highest BCUT2D eigenvalue weighted by Gasteiger charge is 2.02. The van der Waals surface area contributed by atoms with E-state index < -0.39 is 0 Å². The highest BCUT2D eigenvalue weighted by atomic mass is 35.5. The molecule has 108 valence electrons. The zero-order chi connectivity index (χ0) is 15.4. The van der Waals surface area contributed by atoms with E-state index in [4.69, 9.17) is 11.6 Å². The molecule has 0 aromatic heterocycles. The minimum Gasteiger partial charge on any atom is -0.618 e. The summed E-state index contributed by atoms with van der Waals surface area (Å²) in [5.74, 6) is 0. The summed E-state index contributed by atoms with van der Waals surface area (Å²) < 4.78 is 0.841. The van der Waals surface area contributed by atoms with Gasteiger partial charge in [-0.15, -0.1) is 0 Å². The maximum Gasteiger partial charge on any atom is 0.216 e. The lowest BCUT2D eigenvalue weighted by molar-refractivity contribution is -0.354. The van der Waals surface area contributed by atoms with Crippen LogP contribution < -0.4 is 0 Å². The summed E-state index contributed by atoms with van der Waals surface area (Å²) in [7, 11) is 0. The molecule has 0 bridgehead atoms. The normalized spacial score (nSPS) is 11.4. The average molecular weight is 308 g/mol. The van der Waals surface area contributed by atoms with Crippen molar-refractivity contribution in [1.82, 2.24) is 0 Å². The maximum absolute atomic E-state index is 12.1. The van der Waals surface area contributed by atoms with E-state index in [0.29, 0.717) is 10.7 Å². The summed E-state index contributed by atoms with van der Waals surface area (Å²) in [6.45, 7) is 0. The van der Waals surface area contributed by atoms with Crippen molar-refractivity contribution in [2.24, 2.45) is 0 Å². The lowest BCUT2D eigenvalue weighted by atomic mass is 10.0. The summed E-state index contributed by atoms with van der Waals surface area (Å²) in [4.78, 5) is 0. The third kappa shape index (κ3) is 3.35. The molecule has 0 spiro atoms. The summed E-state index contributed by atoms with van der Waals surface area (Å²) >= 11 is 5.82. The van der Waals surface area contributed by atoms with Crippen molar-refractivity contribution in [2.75, 3.05) is 0 Å². The Morgan fingerprint density at radius 1 is 0.727 bits per heavy atom. The largest absolute Gasteiger partial charge is 0.618 e. The molecular weight excluding hydrogens is 294 g/mol. The quantitative estimate of drug-likeness (QED) is 0.280. The first kappa shape index (κ1) is 14.4. The first-order valence-electron chi connectivity index (χ1n) is 6.95. The molecule has 22 heavy (non-hydrogen) atoms. The molecule has 0 heterocycles. The Hall–Kier alpha value is -2.58. The van der Waals surface area contributed by atoms with Crippen LogP contribution in [0.3, 0.4) is 0 Å². The zero-order valence-corrected chi connectivity index (χ0v) is 12.6. The van der Waals surface area contributed by atoms with Gasteiger partial charge < -0.3 is 5.21 Å². The van der Waals surface area contributed by atoms with Crippen LogP contribution in [0.5, 0.6) is 0 Å². The van der Waals surface area contributed by atoms with E-state index in [-0.39, 0.29) is 0 Å². The van der Waals surface area contributed by atoms with Crippen LogP contribution in [-0.4, -0.2) is 11.0 Å². The molecule has 3 rings (SSSR count). The minimum atomic E-state index is 0.552. The fraction of sp³-hybridized carbons (Fsp3) is 0. The molecule has 0 saturated carbocycles. The number of halogens is 1. The number of benzene rings is 3. The van der Waals surface area contributed by atoms with Gasteiger partial charge in [0.2, 0.25) is 5.69 Å². The maximum atomic E-state index is 12.1. The van der Waals surface area contributed by atoms with Gasteiger partial charge in [0.25, 0.3) is 0 Å². The van der Waals surface area contributed by atoms with Gasteiger partial charge in [-0.3, -0.25) is 0 Å². The molecule has 0 aliphatic rings. The predicted molar refractivity (Wildman–Crippen MR) is 91.8 cm³/mol. The van der Waals surface area contributed by atoms with Crippen molar-refractivity contribution in [3.05, 3.63) is 94.7 Å². The van der Waals surface area contributed by atoms with Gasteiger partial charge in [0.05, 0.1) is 0 Å². The molecule has 0 unspecified atom stereocenters. The minimum absolute atomic E-state index is 0.552. The molecular formula is C19H14ClNO. The van der Waals surface area contributed by atoms with Gasteiger partial charge in [-0.1, -0.05) is 54.1 Å². The molecule has 0 amide bonds. The molecule has 2 nitrogen and oxygen atoms in total. The topological polar surface area (TPSA) is 26.1 Å². The molecule has 3 aromatic carbocycles. The van der Waals surface area contributed by atoms with Gasteiger partial charge in [-0.05, 0) is 35.4 Å². The number of nitrogens with zero attached hydrogens (tertiary/aromatic N) is 1. The Bertz CT molecular complexity index is 778. The summed E-state index contributed by atoms with van der Waals surface area (Å²) in [6, 6.07) is 24.8. The Morgan fingerprint density at radius 2 is 1.32 bits per heavy atom. The highest BCUT2D eigenvalue weighted by molar-refractivity contribution is 6.30. The van der Waals surface area contributed by atoms with E-state index in [9.17, 15) is 5.21 Å². The molecule has 0 aliphatic heterocycles. The van der Waals surface area contributed by atoms with E-state index >= 15 is 0 Å². The van der Waals surface area contributed by atoms with Crippen molar-refractivity contribution in [3.63, 3.8) is 0 Å². The van der Waals surface area contributed by atoms with E-state index in [2.05, 4.69) is 12.1 Å². The van der Waals surface area contributed by atoms with E-state index in [1.165, 1.54) is 0 Å². The fourth-order valence-corrected chi connectivity index (χ4v) is 2.32. The second-order valence-corrected chi connectivity index (χ2v) is 5.36. The molecule has 3 aromatic rings. The van der Waals surface area contributed by atoms with Crippen molar-refractivity contribution in [1.29, 1.82) is 0 Å². The van der Waals surface area contributed by atoms with Crippen molar-refractivity contribution in [2.45, 2.75) is 0 Å². The summed E-state index contributed by atoms with van der Waals surface area (Å²) in [5, 5.41) is 12.7. The summed E-state index contributed by atoms with van der Waals surface area (Å²) in [6.07, 6.45) is 1.55. The summed E-state index contributed by atoms with van der Waals surface area (Å²) in [5.41, 5.74) is 3.69. The molecule has 3 heteroatoms. The molecule has 0 aliphatic carbocycles. The first-order valence-corrected chi connectivity index (χ1v) is 7.32. The highest BCUT2D eigenvalue weighted by Crippen LogP contribution is 2.19. The van der Waals surface area contributed by atoms with Crippen LogP contribution in [0.4, 0.5) is 5.69 Å². The second-order valence-electron chi connectivity index (χ2n) is 4.92. The molecule has 0 N–H and O–H groups in total. The molecule has 0 atom stereocenters. The lowest BCUT2D eigenvalue weighted by Gasteiger charge is -2.04. The SMILES string of the molecule is [O-][N+](=Cc1ccc(-c2ccccc2)cc1)c1ccc(Cl)cc1. The van der Waals surface area contributed by atoms with Crippen molar-refractivity contribution < 1.29 is 4.74 Å². The monoisotopic (exact) mass is 307 g/mol. The van der Waals surface area contributed by atoms with Crippen LogP contribution >= 0.6 is 11.6 Å². The van der Waals surface area contributed by atoms with Gasteiger partial charge in [0.15, 0.2) is 6.21 Å². The Labute approximate surface area is 134 Å². The second kappa shape index (κ2) is 6.46. The van der Waals surface area contributed by atoms with Crippen LogP contribution in [-0.2, 0) is 0 Å². The van der Waals surface area contributed by atoms with E-state index in [0.717, 1.165) is 21.4 Å². The molecule has 0 fully saturated rings. The van der Waals surface area contributed by atoms with Gasteiger partial charge in [0.1, 0.15) is 0 Å². The first-order chi connectivity index (χ1) is 10.7. The van der Waals surface area contributed by atoms with Crippen LogP contribution in [0.25, 0.3) is 11.1 Å². The van der Waals surface area contributed by atoms with E-state index in [1.807, 2.05) is 42.5 Å². The number of rotatable bonds is 3. The van der Waals surface area contributed by atoms with Gasteiger partial charge >= 0.3 is 0 Å². The Kier molecular flexibility index (Phi) is 4.22. The standard InChI is InChI=1S/C19H14ClNO/c20-18-10-12-19(13-11-18)21(22)14-15-6-8-17(9-7-15)16-4-2-1-3-5-16/h1-14H. The molecule has 0 radical (unpaired) electrons. The molecule has 0 saturated heterocycles. The van der Waals surface area contributed by atoms with Crippen LogP contribution in [0.15, 0.2) is 78.9 Å². The Balaban J connectivity index is 1.84. The van der Waals surface area contributed by atoms with Crippen molar-refractivity contribution in [3.8, 4) is 11.1 Å². The third-order valence-electron chi connectivity index (χ3n) is 3.37. The third-order valence-corrected chi connectivity index (χ3v) is 3.62. The van der Waals surface area contributed by atoms with Crippen LogP contribution in [0, 0.1) is 5.21 Å². The average Bonchev–Trinajstić information content (AvgIpc) is 2.57. The Morgan fingerprint density at radius 3 is 1.95 bits per heavy atom. The number of hydrogen-bond acceptors (Lipinski definition) is 1. The van der Waals surface area contributed by atoms with Crippen molar-refractivity contribution >= 4 is 23.5 Å². The van der Waals surface area contributed by atoms with Crippen LogP contribution in [0.2, 0.25) is 5.02 Å². The van der Waals surface area contributed by atoms with E-state index in [1.54, 1.807) is 30.5 Å². The van der Waals surface area contributed by atoms with Gasteiger partial charge in [-0.2, -0.15) is 4.74 Å². The van der Waals surface area contributed by atoms with Gasteiger partial charge in [0, 0.05) is 22.7 Å². The van der Waals surface area contributed by atoms with Gasteiger partial charge in [-0.25, -0.2) is 0 Å².